The fraction of sp³-hybridized carbons (Fsp3) is 0.400. The number of alkyl halides is 8. The lowest BCUT2D eigenvalue weighted by Crippen LogP contribution is -2.67. The van der Waals surface area contributed by atoms with Crippen molar-refractivity contribution in [2.24, 2.45) is 0 Å². The van der Waals surface area contributed by atoms with Crippen molar-refractivity contribution in [1.82, 2.24) is 0 Å². The van der Waals surface area contributed by atoms with Crippen LogP contribution in [0, 0.1) is 0 Å². The minimum Gasteiger partial charge on any atom is -0.326 e. The molecular weight excluding hydrogens is 520 g/mol. The smallest absolute Gasteiger partial charge is 0.326 e. The van der Waals surface area contributed by atoms with Gasteiger partial charge in [-0.15, -0.1) is 0 Å². The molecule has 0 aromatic rings. The first-order valence-electron chi connectivity index (χ1n) is 9.06. The van der Waals surface area contributed by atoms with Gasteiger partial charge in [-0.05, 0) is 24.3 Å². The second-order valence-corrected chi connectivity index (χ2v) is 6.32. The van der Waals surface area contributed by atoms with Crippen molar-refractivity contribution in [3.63, 3.8) is 0 Å². The lowest BCUT2D eigenvalue weighted by Gasteiger charge is -2.42. The second-order valence-electron chi connectivity index (χ2n) is 6.32. The van der Waals surface area contributed by atoms with Crippen molar-refractivity contribution in [2.75, 3.05) is 19.8 Å². The number of ketones is 4. The number of halogens is 8. The number of carbonyl (C=O) groups excluding carboxylic acids is 4. The topological polar surface area (TPSA) is 105 Å². The van der Waals surface area contributed by atoms with Crippen LogP contribution in [0.5, 0.6) is 0 Å². The van der Waals surface area contributed by atoms with E-state index in [9.17, 15) is 45.5 Å². The number of ether oxygens (including phenoxy) is 4. The Labute approximate surface area is 197 Å². The average Bonchev–Trinajstić information content (AvgIpc) is 2.82. The zero-order valence-corrected chi connectivity index (χ0v) is 18.0. The highest BCUT2D eigenvalue weighted by Gasteiger charge is 2.76. The minimum atomic E-state index is -5.92. The van der Waals surface area contributed by atoms with Gasteiger partial charge in [-0.2, -0.15) is 30.7 Å². The maximum atomic E-state index is 15.6. The van der Waals surface area contributed by atoms with Crippen LogP contribution in [0.2, 0.25) is 0 Å². The van der Waals surface area contributed by atoms with Crippen molar-refractivity contribution in [2.45, 2.75) is 30.0 Å². The van der Waals surface area contributed by atoms with Crippen molar-refractivity contribution >= 4 is 23.1 Å². The minimum absolute atomic E-state index is 0.114. The van der Waals surface area contributed by atoms with Crippen molar-refractivity contribution < 1.29 is 73.2 Å². The van der Waals surface area contributed by atoms with Crippen LogP contribution in [0.3, 0.4) is 0 Å². The third-order valence-corrected chi connectivity index (χ3v) is 3.79. The molecule has 8 nitrogen and oxygen atoms in total. The highest BCUT2D eigenvalue weighted by molar-refractivity contribution is 5.94. The van der Waals surface area contributed by atoms with Crippen LogP contribution in [0.1, 0.15) is 0 Å². The normalized spacial score (nSPS) is 15.7. The lowest BCUT2D eigenvalue weighted by atomic mass is 10.1. The van der Waals surface area contributed by atoms with E-state index in [2.05, 4.69) is 45.3 Å². The Balaban J connectivity index is 6.89. The summed E-state index contributed by atoms with van der Waals surface area (Å²) in [6.45, 7) is 4.15. The van der Waals surface area contributed by atoms with Gasteiger partial charge in [0, 0.05) is 0 Å². The fourth-order valence-corrected chi connectivity index (χ4v) is 1.89. The maximum Gasteiger partial charge on any atom is 0.423 e. The molecule has 0 aliphatic carbocycles. The second kappa shape index (κ2) is 12.2. The van der Waals surface area contributed by atoms with Gasteiger partial charge in [0.25, 0.3) is 11.6 Å². The summed E-state index contributed by atoms with van der Waals surface area (Å²) >= 11 is 0. The molecule has 0 N–H and O–H groups in total. The average molecular weight is 538 g/mol. The Morgan fingerprint density at radius 3 is 1.44 bits per heavy atom. The van der Waals surface area contributed by atoms with Gasteiger partial charge < -0.3 is 14.2 Å². The number of hydrogen-bond acceptors (Lipinski definition) is 8. The number of carbonyl (C=O) groups is 4. The summed E-state index contributed by atoms with van der Waals surface area (Å²) in [6, 6.07) is 0. The molecule has 0 fully saturated rings. The summed E-state index contributed by atoms with van der Waals surface area (Å²) in [5.74, 6) is -19.4. The molecule has 0 rings (SSSR count). The molecule has 0 saturated heterocycles. The Morgan fingerprint density at radius 1 is 0.611 bits per heavy atom. The molecule has 0 aliphatic heterocycles. The molecule has 0 aromatic carbocycles. The summed E-state index contributed by atoms with van der Waals surface area (Å²) in [4.78, 5) is 45.0. The molecule has 0 saturated carbocycles. The van der Waals surface area contributed by atoms with Crippen molar-refractivity contribution in [3.8, 4) is 0 Å². The molecule has 0 aromatic heterocycles. The first kappa shape index (κ1) is 32.9. The summed E-state index contributed by atoms with van der Waals surface area (Å²) in [7, 11) is 0. The van der Waals surface area contributed by atoms with E-state index < -0.39 is 73.0 Å². The molecule has 0 amide bonds. The molecule has 36 heavy (non-hydrogen) atoms. The number of hydrogen-bond donors (Lipinski definition) is 0. The fourth-order valence-electron chi connectivity index (χ4n) is 1.89. The van der Waals surface area contributed by atoms with Crippen LogP contribution < -0.4 is 0 Å². The van der Waals surface area contributed by atoms with Crippen LogP contribution in [0.15, 0.2) is 50.6 Å². The standard InChI is InChI=1S/C20H18F8O8/c1-5-12(29)9-33-19(26,20(27,28)34-10-13(30)6-2)16(21,36-18(24,25)15(32)8-4)11-35-17(22,23)14(31)7-3/h5-8H,1-4,9-11H2. The van der Waals surface area contributed by atoms with Crippen LogP contribution in [-0.4, -0.2) is 73.0 Å². The van der Waals surface area contributed by atoms with E-state index in [-0.39, 0.29) is 12.2 Å². The first-order valence-corrected chi connectivity index (χ1v) is 9.06. The third-order valence-electron chi connectivity index (χ3n) is 3.79. The predicted octanol–water partition coefficient (Wildman–Crippen LogP) is 3.18. The SMILES string of the molecule is C=CC(=O)COC(F)(F)C(F)(OCC(=O)C=C)C(F)(COC(F)(F)C(=O)C=C)OC(F)(F)C(=O)C=C. The molecule has 0 radical (unpaired) electrons. The molecule has 16 heteroatoms. The molecule has 0 spiro atoms. The van der Waals surface area contributed by atoms with Gasteiger partial charge in [0.2, 0.25) is 0 Å². The molecule has 2 atom stereocenters. The van der Waals surface area contributed by atoms with Crippen molar-refractivity contribution in [3.05, 3.63) is 50.6 Å². The summed E-state index contributed by atoms with van der Waals surface area (Å²) in [5.41, 5.74) is 0. The van der Waals surface area contributed by atoms with Crippen LogP contribution >= 0.6 is 0 Å². The quantitative estimate of drug-likeness (QED) is 0.183. The predicted molar refractivity (Wildman–Crippen MR) is 102 cm³/mol. The molecule has 0 heterocycles. The maximum absolute atomic E-state index is 15.6. The largest absolute Gasteiger partial charge is 0.423 e. The number of rotatable bonds is 19. The zero-order valence-electron chi connectivity index (χ0n) is 18.0. The van der Waals surface area contributed by atoms with Gasteiger partial charge in [-0.1, -0.05) is 26.3 Å². The molecule has 0 bridgehead atoms. The van der Waals surface area contributed by atoms with Gasteiger partial charge in [0.05, 0.1) is 0 Å². The van der Waals surface area contributed by atoms with E-state index in [4.69, 9.17) is 0 Å². The van der Waals surface area contributed by atoms with E-state index in [1.807, 2.05) is 0 Å². The van der Waals surface area contributed by atoms with Crippen LogP contribution in [0.25, 0.3) is 0 Å². The molecule has 202 valence electrons. The summed E-state index contributed by atoms with van der Waals surface area (Å²) in [6.07, 6.45) is -16.4. The van der Waals surface area contributed by atoms with E-state index in [0.717, 1.165) is 0 Å². The van der Waals surface area contributed by atoms with Gasteiger partial charge in [0.15, 0.2) is 11.6 Å². The van der Waals surface area contributed by atoms with E-state index in [1.54, 1.807) is 0 Å². The molecular formula is C20H18F8O8. The zero-order chi connectivity index (χ0) is 28.6. The summed E-state index contributed by atoms with van der Waals surface area (Å²) in [5, 5.41) is 0. The Morgan fingerprint density at radius 2 is 1.03 bits per heavy atom. The monoisotopic (exact) mass is 538 g/mol. The molecule has 0 aliphatic rings. The highest BCUT2D eigenvalue weighted by Crippen LogP contribution is 2.48. The third kappa shape index (κ3) is 7.71. The van der Waals surface area contributed by atoms with Gasteiger partial charge in [-0.25, -0.2) is 4.39 Å². The lowest BCUT2D eigenvalue weighted by molar-refractivity contribution is -0.480. The Kier molecular flexibility index (Phi) is 11.2. The van der Waals surface area contributed by atoms with Crippen molar-refractivity contribution in [1.29, 1.82) is 0 Å². The van der Waals surface area contributed by atoms with E-state index in [1.165, 1.54) is 0 Å². The highest BCUT2D eigenvalue weighted by atomic mass is 19.3. The van der Waals surface area contributed by atoms with E-state index >= 15 is 8.78 Å². The first-order chi connectivity index (χ1) is 16.3. The summed E-state index contributed by atoms with van der Waals surface area (Å²) < 4.78 is 130. The molecule has 2 unspecified atom stereocenters. The van der Waals surface area contributed by atoms with Gasteiger partial charge in [-0.3, -0.25) is 23.9 Å². The Bertz CT molecular complexity index is 919. The van der Waals surface area contributed by atoms with Crippen LogP contribution in [-0.2, 0) is 38.1 Å². The van der Waals surface area contributed by atoms with Gasteiger partial charge in [0.1, 0.15) is 19.8 Å². The Hall–Kier alpha value is -3.08. The van der Waals surface area contributed by atoms with Gasteiger partial charge >= 0.3 is 30.0 Å². The van der Waals surface area contributed by atoms with E-state index in [0.29, 0.717) is 12.2 Å². The van der Waals surface area contributed by atoms with Crippen LogP contribution in [0.4, 0.5) is 35.1 Å².